The van der Waals surface area contributed by atoms with Gasteiger partial charge in [0.1, 0.15) is 23.2 Å². The summed E-state index contributed by atoms with van der Waals surface area (Å²) in [6.07, 6.45) is 4.71. The molecule has 2 heterocycles. The molecule has 0 radical (unpaired) electrons. The van der Waals surface area contributed by atoms with Gasteiger partial charge in [-0.05, 0) is 31.4 Å². The van der Waals surface area contributed by atoms with Crippen LogP contribution < -0.4 is 4.74 Å². The minimum atomic E-state index is -1.27. The molecule has 2 atom stereocenters. The number of carboxylic acid groups (broad SMARTS) is 1. The number of carboxylic acids is 1. The Morgan fingerprint density at radius 3 is 2.75 bits per heavy atom. The first-order chi connectivity index (χ1) is 15.4. The molecule has 170 valence electrons. The molecule has 8 nitrogen and oxygen atoms in total. The van der Waals surface area contributed by atoms with Crippen molar-refractivity contribution in [2.75, 3.05) is 7.11 Å². The summed E-state index contributed by atoms with van der Waals surface area (Å²) in [5.74, 6) is -1.64. The molecule has 1 aromatic carbocycles. The Kier molecular flexibility index (Phi) is 6.38. The van der Waals surface area contributed by atoms with Crippen LogP contribution in [0.2, 0.25) is 0 Å². The number of aryl methyl sites for hydroxylation is 1. The Morgan fingerprint density at radius 2 is 2.06 bits per heavy atom. The van der Waals surface area contributed by atoms with Crippen LogP contribution >= 0.6 is 0 Å². The van der Waals surface area contributed by atoms with E-state index in [4.69, 9.17) is 9.47 Å². The van der Waals surface area contributed by atoms with E-state index in [1.807, 2.05) is 0 Å². The van der Waals surface area contributed by atoms with Crippen molar-refractivity contribution in [2.24, 2.45) is 0 Å². The van der Waals surface area contributed by atoms with E-state index in [1.54, 1.807) is 19.2 Å². The number of hydrogen-bond acceptors (Lipinski definition) is 6. The minimum Gasteiger partial charge on any atom is -0.493 e. The number of aliphatic hydroxyl groups is 1. The molecular weight excluding hydrogens is 417 g/mol. The summed E-state index contributed by atoms with van der Waals surface area (Å²) in [5.41, 5.74) is 1.41. The van der Waals surface area contributed by atoms with Gasteiger partial charge < -0.3 is 19.7 Å². The highest BCUT2D eigenvalue weighted by Gasteiger charge is 2.31. The summed E-state index contributed by atoms with van der Waals surface area (Å²) in [6, 6.07) is 4.61. The number of nitrogens with zero attached hydrogens (tertiary/aromatic N) is 3. The number of pyridine rings is 1. The van der Waals surface area contributed by atoms with Gasteiger partial charge in [0.05, 0.1) is 31.5 Å². The zero-order chi connectivity index (χ0) is 22.8. The highest BCUT2D eigenvalue weighted by atomic mass is 19.1. The number of carbonyl (C=O) groups is 1. The van der Waals surface area contributed by atoms with Crippen molar-refractivity contribution in [1.82, 2.24) is 14.8 Å². The predicted octanol–water partition coefficient (Wildman–Crippen LogP) is 3.65. The lowest BCUT2D eigenvalue weighted by Crippen LogP contribution is -2.32. The van der Waals surface area contributed by atoms with Crippen LogP contribution in [0, 0.1) is 12.7 Å². The first-order valence-electron chi connectivity index (χ1n) is 10.6. The molecule has 4 rings (SSSR count). The summed E-state index contributed by atoms with van der Waals surface area (Å²) in [4.78, 5) is 15.7. The Hall–Kier alpha value is -3.04. The molecule has 9 heteroatoms. The van der Waals surface area contributed by atoms with Crippen molar-refractivity contribution < 1.29 is 28.9 Å². The number of halogens is 1. The van der Waals surface area contributed by atoms with Crippen LogP contribution in [0.4, 0.5) is 4.39 Å². The largest absolute Gasteiger partial charge is 0.493 e. The maximum absolute atomic E-state index is 15.1. The molecule has 1 aliphatic carbocycles. The lowest BCUT2D eigenvalue weighted by molar-refractivity contribution is -0.0854. The number of benzene rings is 1. The molecule has 1 fully saturated rings. The molecule has 0 amide bonds. The second kappa shape index (κ2) is 9.22. The lowest BCUT2D eigenvalue weighted by atomic mass is 10.0. The van der Waals surface area contributed by atoms with Gasteiger partial charge >= 0.3 is 5.97 Å². The van der Waals surface area contributed by atoms with Crippen molar-refractivity contribution in [3.63, 3.8) is 0 Å². The van der Waals surface area contributed by atoms with E-state index in [0.717, 1.165) is 25.7 Å². The van der Waals surface area contributed by atoms with Gasteiger partial charge in [0.2, 0.25) is 0 Å². The molecular formula is C23H26FN3O5. The SMILES string of the molecule is COc1c(C)ccc([C@@H](O)[C@H](Cn2cc3nccc(C(=O)O)c3n2)OC2CCCC2)c1F. The van der Waals surface area contributed by atoms with E-state index < -0.39 is 24.0 Å². The average molecular weight is 443 g/mol. The second-order valence-electron chi connectivity index (χ2n) is 8.09. The first-order valence-corrected chi connectivity index (χ1v) is 10.6. The maximum Gasteiger partial charge on any atom is 0.338 e. The van der Waals surface area contributed by atoms with E-state index in [2.05, 4.69) is 10.1 Å². The quantitative estimate of drug-likeness (QED) is 0.547. The van der Waals surface area contributed by atoms with Crippen molar-refractivity contribution in [3.05, 3.63) is 53.1 Å². The summed E-state index contributed by atoms with van der Waals surface area (Å²) in [7, 11) is 1.39. The van der Waals surface area contributed by atoms with Crippen molar-refractivity contribution >= 4 is 17.0 Å². The zero-order valence-corrected chi connectivity index (χ0v) is 18.0. The Labute approximate surface area is 184 Å². The number of ether oxygens (including phenoxy) is 2. The van der Waals surface area contributed by atoms with Crippen LogP contribution in [0.1, 0.15) is 53.3 Å². The third-order valence-electron chi connectivity index (χ3n) is 5.92. The van der Waals surface area contributed by atoms with Crippen LogP contribution in [-0.4, -0.2) is 50.3 Å². The normalized spacial score (nSPS) is 16.4. The van der Waals surface area contributed by atoms with Gasteiger partial charge in [-0.15, -0.1) is 0 Å². The Morgan fingerprint density at radius 1 is 1.31 bits per heavy atom. The smallest absolute Gasteiger partial charge is 0.338 e. The second-order valence-corrected chi connectivity index (χ2v) is 8.09. The molecule has 3 aromatic rings. The predicted molar refractivity (Wildman–Crippen MR) is 114 cm³/mol. The average Bonchev–Trinajstić information content (AvgIpc) is 3.42. The Balaban J connectivity index is 1.68. The molecule has 0 aliphatic heterocycles. The number of fused-ring (bicyclic) bond motifs is 1. The van der Waals surface area contributed by atoms with E-state index in [0.29, 0.717) is 11.1 Å². The summed E-state index contributed by atoms with van der Waals surface area (Å²) < 4.78 is 27.9. The molecule has 0 bridgehead atoms. The van der Waals surface area contributed by atoms with Crippen LogP contribution in [0.5, 0.6) is 5.75 Å². The highest BCUT2D eigenvalue weighted by Crippen LogP contribution is 2.33. The monoisotopic (exact) mass is 443 g/mol. The van der Waals surface area contributed by atoms with Gasteiger partial charge in [-0.2, -0.15) is 5.10 Å². The molecule has 1 aliphatic rings. The fraction of sp³-hybridized carbons (Fsp3) is 0.435. The van der Waals surface area contributed by atoms with Crippen molar-refractivity contribution in [1.29, 1.82) is 0 Å². The number of methoxy groups -OCH3 is 1. The van der Waals surface area contributed by atoms with Gasteiger partial charge in [-0.25, -0.2) is 9.18 Å². The van der Waals surface area contributed by atoms with Gasteiger partial charge in [0.15, 0.2) is 11.6 Å². The molecule has 0 unspecified atom stereocenters. The number of rotatable bonds is 8. The number of hydrogen-bond donors (Lipinski definition) is 2. The van der Waals surface area contributed by atoms with Crippen LogP contribution in [0.3, 0.4) is 0 Å². The standard InChI is InChI=1S/C23H26FN3O5/c1-13-7-8-15(19(24)22(13)31-2)21(28)18(32-14-5-3-4-6-14)12-27-11-17-20(26-27)16(23(29)30)9-10-25-17/h7-11,14,18,21,28H,3-6,12H2,1-2H3,(H,29,30)/t18-,21+/m0/s1. The van der Waals surface area contributed by atoms with Gasteiger partial charge in [0, 0.05) is 11.8 Å². The van der Waals surface area contributed by atoms with E-state index in [1.165, 1.54) is 30.1 Å². The summed E-state index contributed by atoms with van der Waals surface area (Å²) in [6.45, 7) is 1.83. The van der Waals surface area contributed by atoms with E-state index in [9.17, 15) is 15.0 Å². The number of aromatic nitrogens is 3. The summed E-state index contributed by atoms with van der Waals surface area (Å²) >= 11 is 0. The zero-order valence-electron chi connectivity index (χ0n) is 18.0. The highest BCUT2D eigenvalue weighted by molar-refractivity contribution is 6.00. The fourth-order valence-electron chi connectivity index (χ4n) is 4.25. The van der Waals surface area contributed by atoms with Crippen LogP contribution in [0.15, 0.2) is 30.6 Å². The molecule has 1 saturated carbocycles. The first kappa shape index (κ1) is 22.2. The fourth-order valence-corrected chi connectivity index (χ4v) is 4.25. The molecule has 2 aromatic heterocycles. The molecule has 32 heavy (non-hydrogen) atoms. The Bertz CT molecular complexity index is 1130. The third kappa shape index (κ3) is 4.31. The summed E-state index contributed by atoms with van der Waals surface area (Å²) in [5, 5.41) is 24.9. The van der Waals surface area contributed by atoms with Gasteiger partial charge in [-0.1, -0.05) is 25.0 Å². The van der Waals surface area contributed by atoms with Crippen molar-refractivity contribution in [2.45, 2.75) is 57.5 Å². The number of aliphatic hydroxyl groups excluding tert-OH is 1. The molecule has 0 spiro atoms. The molecule has 2 N–H and O–H groups in total. The third-order valence-corrected chi connectivity index (χ3v) is 5.92. The minimum absolute atomic E-state index is 0.0388. The maximum atomic E-state index is 15.1. The van der Waals surface area contributed by atoms with E-state index >= 15 is 4.39 Å². The van der Waals surface area contributed by atoms with Gasteiger partial charge in [0.25, 0.3) is 0 Å². The molecule has 0 saturated heterocycles. The van der Waals surface area contributed by atoms with E-state index in [-0.39, 0.29) is 35.0 Å². The van der Waals surface area contributed by atoms with Crippen LogP contribution in [-0.2, 0) is 11.3 Å². The topological polar surface area (TPSA) is 107 Å². The number of aromatic carboxylic acids is 1. The van der Waals surface area contributed by atoms with Crippen molar-refractivity contribution in [3.8, 4) is 5.75 Å². The lowest BCUT2D eigenvalue weighted by Gasteiger charge is -2.27. The van der Waals surface area contributed by atoms with Gasteiger partial charge in [-0.3, -0.25) is 9.67 Å². The van der Waals surface area contributed by atoms with Crippen LogP contribution in [0.25, 0.3) is 11.0 Å².